The summed E-state index contributed by atoms with van der Waals surface area (Å²) < 4.78 is 8.97. The lowest BCUT2D eigenvalue weighted by Crippen LogP contribution is -2.33. The van der Waals surface area contributed by atoms with Crippen LogP contribution in [0.1, 0.15) is 49.1 Å². The van der Waals surface area contributed by atoms with Crippen molar-refractivity contribution in [2.24, 2.45) is 0 Å². The van der Waals surface area contributed by atoms with E-state index in [1.807, 2.05) is 29.5 Å². The van der Waals surface area contributed by atoms with E-state index in [9.17, 15) is 0 Å². The first-order chi connectivity index (χ1) is 24.1. The monoisotopic (exact) mass is 651 g/mol. The number of nitrogens with zero attached hydrogens (tertiary/aromatic N) is 3. The van der Waals surface area contributed by atoms with E-state index in [2.05, 4.69) is 122 Å². The van der Waals surface area contributed by atoms with Crippen LogP contribution in [0.15, 0.2) is 145 Å². The van der Waals surface area contributed by atoms with Crippen molar-refractivity contribution in [2.75, 3.05) is 0 Å². The average Bonchev–Trinajstić information content (AvgIpc) is 3.69. The van der Waals surface area contributed by atoms with Crippen LogP contribution in [-0.4, -0.2) is 21.1 Å². The first-order valence-corrected chi connectivity index (χ1v) is 17.9. The maximum absolute atomic E-state index is 6.46. The quantitative estimate of drug-likeness (QED) is 0.190. The molecule has 236 valence electrons. The van der Waals surface area contributed by atoms with Gasteiger partial charge < -0.3 is 4.74 Å². The predicted molar refractivity (Wildman–Crippen MR) is 201 cm³/mol. The Morgan fingerprint density at radius 1 is 0.735 bits per heavy atom. The highest BCUT2D eigenvalue weighted by Crippen LogP contribution is 2.51. The fraction of sp³-hybridized carbons (Fsp3) is 0.159. The summed E-state index contributed by atoms with van der Waals surface area (Å²) in [6.45, 7) is 2.31. The van der Waals surface area contributed by atoms with E-state index in [0.29, 0.717) is 5.82 Å². The number of hydrogen-bond donors (Lipinski definition) is 0. The van der Waals surface area contributed by atoms with E-state index in [1.165, 1.54) is 48.0 Å². The summed E-state index contributed by atoms with van der Waals surface area (Å²) in [6.07, 6.45) is 18.7. The Morgan fingerprint density at radius 2 is 1.55 bits per heavy atom. The molecule has 0 saturated heterocycles. The van der Waals surface area contributed by atoms with E-state index < -0.39 is 0 Å². The smallest absolute Gasteiger partial charge is 0.164 e. The lowest BCUT2D eigenvalue weighted by molar-refractivity contribution is 0.228. The number of allylic oxidation sites excluding steroid dienone is 8. The fourth-order valence-electron chi connectivity index (χ4n) is 8.16. The van der Waals surface area contributed by atoms with Crippen molar-refractivity contribution in [3.63, 3.8) is 0 Å². The van der Waals surface area contributed by atoms with Gasteiger partial charge in [0.2, 0.25) is 0 Å². The topological polar surface area (TPSA) is 47.9 Å². The normalized spacial score (nSPS) is 22.2. The van der Waals surface area contributed by atoms with Crippen LogP contribution in [0.4, 0.5) is 0 Å². The first-order valence-electron chi connectivity index (χ1n) is 17.1. The summed E-state index contributed by atoms with van der Waals surface area (Å²) in [5.74, 6) is 3.29. The van der Waals surface area contributed by atoms with Crippen LogP contribution in [-0.2, 0) is 5.41 Å². The van der Waals surface area contributed by atoms with Crippen molar-refractivity contribution in [3.05, 3.63) is 162 Å². The Bertz CT molecular complexity index is 2480. The van der Waals surface area contributed by atoms with Crippen LogP contribution in [0.25, 0.3) is 48.5 Å². The van der Waals surface area contributed by atoms with Gasteiger partial charge in [0.15, 0.2) is 11.6 Å². The maximum Gasteiger partial charge on any atom is 0.164 e. The van der Waals surface area contributed by atoms with Gasteiger partial charge in [0, 0.05) is 42.8 Å². The van der Waals surface area contributed by atoms with Gasteiger partial charge in [-0.25, -0.2) is 15.0 Å². The molecule has 10 rings (SSSR count). The zero-order valence-electron chi connectivity index (χ0n) is 27.1. The molecule has 5 heteroatoms. The molecule has 0 N–H and O–H groups in total. The Hall–Kier alpha value is -5.39. The zero-order valence-corrected chi connectivity index (χ0v) is 28.0. The number of thiophene rings is 1. The van der Waals surface area contributed by atoms with Crippen LogP contribution >= 0.6 is 11.3 Å². The Kier molecular flexibility index (Phi) is 6.47. The number of benzene rings is 4. The summed E-state index contributed by atoms with van der Waals surface area (Å²) in [5, 5.41) is 2.45. The summed E-state index contributed by atoms with van der Waals surface area (Å²) in [6, 6.07) is 32.0. The number of hydrogen-bond acceptors (Lipinski definition) is 5. The second kappa shape index (κ2) is 11.1. The molecule has 4 aliphatic rings. The fourth-order valence-corrected chi connectivity index (χ4v) is 9.29. The molecule has 0 radical (unpaired) electrons. The van der Waals surface area contributed by atoms with E-state index in [0.717, 1.165) is 47.8 Å². The molecule has 4 aromatic carbocycles. The molecule has 1 aliphatic heterocycles. The van der Waals surface area contributed by atoms with Crippen LogP contribution < -0.4 is 4.74 Å². The summed E-state index contributed by atoms with van der Waals surface area (Å²) in [7, 11) is 0. The van der Waals surface area contributed by atoms with Gasteiger partial charge in [0.1, 0.15) is 17.7 Å². The van der Waals surface area contributed by atoms with Gasteiger partial charge >= 0.3 is 0 Å². The Morgan fingerprint density at radius 3 is 2.49 bits per heavy atom. The maximum atomic E-state index is 6.46. The van der Waals surface area contributed by atoms with Crippen molar-refractivity contribution >= 4 is 37.1 Å². The Labute approximate surface area is 289 Å². The van der Waals surface area contributed by atoms with Crippen molar-refractivity contribution in [2.45, 2.75) is 43.6 Å². The molecule has 0 spiro atoms. The second-order valence-electron chi connectivity index (χ2n) is 13.6. The van der Waals surface area contributed by atoms with E-state index >= 15 is 0 Å². The molecule has 3 atom stereocenters. The number of fused-ring (bicyclic) bond motifs is 6. The SMILES string of the molecule is CC12C=CC=CC1Oc1cccc(C3=CC4=C(C=CC(c5nc(-c6ccccc6)nc(-c6cccc7sc8ccccc8c67)n5)C4)CC3)c12. The standard InChI is InChI=1S/C44H33N3OS/c1-44-24-8-7-19-38(44)48-35-16-9-14-32(40(35)44)29-22-20-27-21-23-30(26-31(27)25-29)42-45-41(28-11-3-2-4-12-28)46-43(47-42)34-15-10-18-37-39(34)33-13-5-6-17-36(33)49-37/h2-19,21,23-25,30,38H,20,22,26H2,1H3. The second-order valence-corrected chi connectivity index (χ2v) is 14.7. The highest BCUT2D eigenvalue weighted by molar-refractivity contribution is 7.25. The van der Waals surface area contributed by atoms with Crippen LogP contribution in [0.3, 0.4) is 0 Å². The molecular formula is C44H33N3OS. The molecule has 0 bridgehead atoms. The zero-order chi connectivity index (χ0) is 32.5. The molecule has 49 heavy (non-hydrogen) atoms. The number of ether oxygens (including phenoxy) is 1. The minimum Gasteiger partial charge on any atom is -0.485 e. The molecule has 3 aliphatic carbocycles. The molecule has 2 aromatic heterocycles. The van der Waals surface area contributed by atoms with Gasteiger partial charge in [-0.15, -0.1) is 11.3 Å². The number of rotatable bonds is 4. The summed E-state index contributed by atoms with van der Waals surface area (Å²) >= 11 is 1.82. The molecule has 3 unspecified atom stereocenters. The van der Waals surface area contributed by atoms with Gasteiger partial charge in [0.25, 0.3) is 0 Å². The molecule has 4 nitrogen and oxygen atoms in total. The molecule has 0 amide bonds. The molecular weight excluding hydrogens is 619 g/mol. The van der Waals surface area contributed by atoms with Crippen molar-refractivity contribution < 1.29 is 4.74 Å². The predicted octanol–water partition coefficient (Wildman–Crippen LogP) is 10.9. The minimum atomic E-state index is -0.170. The summed E-state index contributed by atoms with van der Waals surface area (Å²) in [4.78, 5) is 15.5. The van der Waals surface area contributed by atoms with Crippen molar-refractivity contribution in [1.29, 1.82) is 0 Å². The first kappa shape index (κ1) is 28.6. The van der Waals surface area contributed by atoms with Gasteiger partial charge in [0.05, 0.1) is 5.41 Å². The van der Waals surface area contributed by atoms with Gasteiger partial charge in [-0.3, -0.25) is 0 Å². The summed E-state index contributed by atoms with van der Waals surface area (Å²) in [5.41, 5.74) is 8.67. The molecule has 3 heterocycles. The third-order valence-electron chi connectivity index (χ3n) is 10.6. The molecule has 6 aromatic rings. The lowest BCUT2D eigenvalue weighted by Gasteiger charge is -2.30. The van der Waals surface area contributed by atoms with Crippen LogP contribution in [0.2, 0.25) is 0 Å². The van der Waals surface area contributed by atoms with Gasteiger partial charge in [-0.05, 0) is 72.7 Å². The highest BCUT2D eigenvalue weighted by atomic mass is 32.1. The van der Waals surface area contributed by atoms with E-state index in [4.69, 9.17) is 19.7 Å². The highest BCUT2D eigenvalue weighted by Gasteiger charge is 2.45. The average molecular weight is 652 g/mol. The van der Waals surface area contributed by atoms with E-state index in [1.54, 1.807) is 0 Å². The third-order valence-corrected chi connectivity index (χ3v) is 11.8. The largest absolute Gasteiger partial charge is 0.485 e. The van der Waals surface area contributed by atoms with E-state index in [-0.39, 0.29) is 17.4 Å². The molecule has 0 fully saturated rings. The van der Waals surface area contributed by atoms with Gasteiger partial charge in [-0.2, -0.15) is 0 Å². The van der Waals surface area contributed by atoms with Crippen molar-refractivity contribution in [1.82, 2.24) is 15.0 Å². The van der Waals surface area contributed by atoms with Gasteiger partial charge in [-0.1, -0.05) is 109 Å². The number of aromatic nitrogens is 3. The van der Waals surface area contributed by atoms with Crippen molar-refractivity contribution in [3.8, 4) is 28.5 Å². The third kappa shape index (κ3) is 4.60. The molecule has 0 saturated carbocycles. The van der Waals surface area contributed by atoms with Crippen LogP contribution in [0, 0.1) is 0 Å². The minimum absolute atomic E-state index is 0.0318. The Balaban J connectivity index is 1.06. The van der Waals surface area contributed by atoms with Crippen LogP contribution in [0.5, 0.6) is 5.75 Å². The lowest BCUT2D eigenvalue weighted by atomic mass is 9.72.